The Balaban J connectivity index is 2.00. The van der Waals surface area contributed by atoms with Crippen molar-refractivity contribution in [3.8, 4) is 0 Å². The van der Waals surface area contributed by atoms with E-state index in [4.69, 9.17) is 0 Å². The minimum atomic E-state index is -0.516. The number of hydrogen-bond donors (Lipinski definition) is 0. The molecule has 138 valence electrons. The molecule has 0 saturated heterocycles. The van der Waals surface area contributed by atoms with Crippen molar-refractivity contribution >= 4 is 11.6 Å². The zero-order valence-corrected chi connectivity index (χ0v) is 16.9. The molecular formula is C25H26O2. The van der Waals surface area contributed by atoms with Gasteiger partial charge in [-0.1, -0.05) is 53.6 Å². The SMILES string of the molecule is Cc1cc(C)c(C(=O)C2=CC=CC2C(=O)c2c(C)cc(C)cc2C)c(C)c1. The molecule has 1 unspecified atom stereocenters. The number of rotatable bonds is 4. The number of Topliss-reactive ketones (excluding diaryl/α,β-unsaturated/α-hetero) is 2. The summed E-state index contributed by atoms with van der Waals surface area (Å²) in [5.41, 5.74) is 8.13. The summed E-state index contributed by atoms with van der Waals surface area (Å²) in [6.45, 7) is 11.9. The molecule has 0 bridgehead atoms. The van der Waals surface area contributed by atoms with E-state index in [-0.39, 0.29) is 11.6 Å². The number of hydrogen-bond acceptors (Lipinski definition) is 2. The van der Waals surface area contributed by atoms with Crippen molar-refractivity contribution in [3.63, 3.8) is 0 Å². The van der Waals surface area contributed by atoms with Crippen molar-refractivity contribution in [2.45, 2.75) is 41.5 Å². The highest BCUT2D eigenvalue weighted by atomic mass is 16.1. The minimum absolute atomic E-state index is 0.000711. The summed E-state index contributed by atoms with van der Waals surface area (Å²) in [6, 6.07) is 8.10. The minimum Gasteiger partial charge on any atom is -0.293 e. The van der Waals surface area contributed by atoms with Crippen LogP contribution >= 0.6 is 0 Å². The van der Waals surface area contributed by atoms with Crippen LogP contribution in [0.2, 0.25) is 0 Å². The van der Waals surface area contributed by atoms with E-state index < -0.39 is 5.92 Å². The lowest BCUT2D eigenvalue weighted by molar-refractivity contribution is 0.0928. The van der Waals surface area contributed by atoms with Gasteiger partial charge in [0.15, 0.2) is 11.6 Å². The molecule has 0 fully saturated rings. The maximum Gasteiger partial charge on any atom is 0.190 e. The molecule has 1 atom stereocenters. The fraction of sp³-hybridized carbons (Fsp3) is 0.280. The topological polar surface area (TPSA) is 34.1 Å². The first-order valence-electron chi connectivity index (χ1n) is 9.33. The van der Waals surface area contributed by atoms with Gasteiger partial charge in [0.05, 0.1) is 5.92 Å². The Morgan fingerprint density at radius 2 is 1.15 bits per heavy atom. The van der Waals surface area contributed by atoms with E-state index in [1.807, 2.05) is 78.0 Å². The summed E-state index contributed by atoms with van der Waals surface area (Å²) in [5.74, 6) is -0.561. The average Bonchev–Trinajstić information content (AvgIpc) is 3.02. The highest BCUT2D eigenvalue weighted by molar-refractivity contribution is 6.17. The third-order valence-corrected chi connectivity index (χ3v) is 5.29. The number of carbonyl (C=O) groups excluding carboxylic acids is 2. The van der Waals surface area contributed by atoms with Gasteiger partial charge in [-0.05, 0) is 63.8 Å². The third-order valence-electron chi connectivity index (χ3n) is 5.29. The Morgan fingerprint density at radius 1 is 0.704 bits per heavy atom. The maximum absolute atomic E-state index is 13.3. The van der Waals surface area contributed by atoms with E-state index in [0.717, 1.165) is 38.9 Å². The molecule has 0 amide bonds. The predicted molar refractivity (Wildman–Crippen MR) is 111 cm³/mol. The molecule has 2 aromatic carbocycles. The van der Waals surface area contributed by atoms with E-state index in [9.17, 15) is 9.59 Å². The second kappa shape index (κ2) is 7.11. The van der Waals surface area contributed by atoms with Crippen molar-refractivity contribution in [1.29, 1.82) is 0 Å². The molecule has 0 saturated carbocycles. The van der Waals surface area contributed by atoms with Crippen LogP contribution in [-0.2, 0) is 0 Å². The molecule has 0 aromatic heterocycles. The van der Waals surface area contributed by atoms with Crippen LogP contribution in [0.1, 0.15) is 54.1 Å². The van der Waals surface area contributed by atoms with Gasteiger partial charge in [-0.2, -0.15) is 0 Å². The Hall–Kier alpha value is -2.74. The molecule has 0 N–H and O–H groups in total. The fourth-order valence-corrected chi connectivity index (χ4v) is 4.33. The lowest BCUT2D eigenvalue weighted by atomic mass is 9.83. The van der Waals surface area contributed by atoms with Gasteiger partial charge in [0.25, 0.3) is 0 Å². The van der Waals surface area contributed by atoms with Crippen LogP contribution in [0.15, 0.2) is 48.1 Å². The quantitative estimate of drug-likeness (QED) is 0.656. The first kappa shape index (κ1) is 19.0. The summed E-state index contributed by atoms with van der Waals surface area (Å²) >= 11 is 0. The van der Waals surface area contributed by atoms with Crippen LogP contribution in [0.5, 0.6) is 0 Å². The zero-order valence-electron chi connectivity index (χ0n) is 16.9. The predicted octanol–water partition coefficient (Wildman–Crippen LogP) is 5.72. The van der Waals surface area contributed by atoms with Crippen molar-refractivity contribution in [1.82, 2.24) is 0 Å². The van der Waals surface area contributed by atoms with Crippen LogP contribution < -0.4 is 0 Å². The van der Waals surface area contributed by atoms with E-state index in [0.29, 0.717) is 11.1 Å². The van der Waals surface area contributed by atoms with E-state index in [1.165, 1.54) is 0 Å². The van der Waals surface area contributed by atoms with Crippen LogP contribution in [0, 0.1) is 47.5 Å². The van der Waals surface area contributed by atoms with Gasteiger partial charge < -0.3 is 0 Å². The Morgan fingerprint density at radius 3 is 1.63 bits per heavy atom. The van der Waals surface area contributed by atoms with E-state index >= 15 is 0 Å². The second-order valence-electron chi connectivity index (χ2n) is 7.73. The summed E-state index contributed by atoms with van der Waals surface area (Å²) in [5, 5.41) is 0. The van der Waals surface area contributed by atoms with Crippen LogP contribution in [0.25, 0.3) is 0 Å². The molecule has 2 heteroatoms. The lowest BCUT2D eigenvalue weighted by Crippen LogP contribution is -2.21. The summed E-state index contributed by atoms with van der Waals surface area (Å²) in [7, 11) is 0. The number of aryl methyl sites for hydroxylation is 6. The molecule has 0 aliphatic heterocycles. The Kier molecular flexibility index (Phi) is 5.01. The first-order valence-corrected chi connectivity index (χ1v) is 9.33. The molecule has 1 aliphatic rings. The summed E-state index contributed by atoms with van der Waals surface area (Å²) in [6.07, 6.45) is 5.46. The van der Waals surface area contributed by atoms with Gasteiger partial charge in [-0.15, -0.1) is 0 Å². The summed E-state index contributed by atoms with van der Waals surface area (Å²) < 4.78 is 0. The van der Waals surface area contributed by atoms with Crippen LogP contribution in [0.4, 0.5) is 0 Å². The Labute approximate surface area is 161 Å². The highest BCUT2D eigenvalue weighted by Gasteiger charge is 2.31. The number of carbonyl (C=O) groups is 2. The van der Waals surface area contributed by atoms with E-state index in [2.05, 4.69) is 0 Å². The van der Waals surface area contributed by atoms with Gasteiger partial charge in [0, 0.05) is 16.7 Å². The average molecular weight is 358 g/mol. The van der Waals surface area contributed by atoms with Crippen molar-refractivity contribution < 1.29 is 9.59 Å². The lowest BCUT2D eigenvalue weighted by Gasteiger charge is -2.18. The zero-order chi connectivity index (χ0) is 19.9. The molecule has 0 spiro atoms. The number of allylic oxidation sites excluding steroid dienone is 4. The standard InChI is InChI=1S/C25H26O2/c1-14-10-16(3)22(17(4)11-14)24(26)20-8-7-9-21(20)25(27)23-18(5)12-15(2)13-19(23)6/h7-13,20H,1-6H3. The molecule has 2 aromatic rings. The second-order valence-corrected chi connectivity index (χ2v) is 7.73. The third kappa shape index (κ3) is 3.44. The largest absolute Gasteiger partial charge is 0.293 e. The van der Waals surface area contributed by atoms with Crippen molar-refractivity contribution in [2.24, 2.45) is 5.92 Å². The number of benzene rings is 2. The van der Waals surface area contributed by atoms with Gasteiger partial charge in [0.2, 0.25) is 0 Å². The van der Waals surface area contributed by atoms with E-state index in [1.54, 1.807) is 6.08 Å². The van der Waals surface area contributed by atoms with Gasteiger partial charge in [-0.25, -0.2) is 0 Å². The normalized spacial score (nSPS) is 15.8. The van der Waals surface area contributed by atoms with Gasteiger partial charge in [0.1, 0.15) is 0 Å². The van der Waals surface area contributed by atoms with Crippen LogP contribution in [0.3, 0.4) is 0 Å². The first-order chi connectivity index (χ1) is 12.7. The molecule has 3 rings (SSSR count). The summed E-state index contributed by atoms with van der Waals surface area (Å²) in [4.78, 5) is 26.6. The monoisotopic (exact) mass is 358 g/mol. The van der Waals surface area contributed by atoms with Crippen molar-refractivity contribution in [3.05, 3.63) is 92.6 Å². The smallest absolute Gasteiger partial charge is 0.190 e. The molecule has 27 heavy (non-hydrogen) atoms. The van der Waals surface area contributed by atoms with Gasteiger partial charge in [-0.3, -0.25) is 9.59 Å². The maximum atomic E-state index is 13.3. The number of ketones is 2. The molecule has 0 radical (unpaired) electrons. The fourth-order valence-electron chi connectivity index (χ4n) is 4.33. The highest BCUT2D eigenvalue weighted by Crippen LogP contribution is 2.31. The Bertz CT molecular complexity index is 973. The molecule has 1 aliphatic carbocycles. The molecule has 2 nitrogen and oxygen atoms in total. The molecule has 0 heterocycles. The van der Waals surface area contributed by atoms with Gasteiger partial charge >= 0.3 is 0 Å². The molecular weight excluding hydrogens is 332 g/mol. The van der Waals surface area contributed by atoms with Crippen molar-refractivity contribution in [2.75, 3.05) is 0 Å². The van der Waals surface area contributed by atoms with Crippen LogP contribution in [-0.4, -0.2) is 11.6 Å².